The fourth-order valence-electron chi connectivity index (χ4n) is 1.20. The lowest BCUT2D eigenvalue weighted by Gasteiger charge is -2.09. The molecule has 0 radical (unpaired) electrons. The van der Waals surface area contributed by atoms with E-state index >= 15 is 0 Å². The van der Waals surface area contributed by atoms with E-state index < -0.39 is 0 Å². The Hall–Kier alpha value is -1.55. The van der Waals surface area contributed by atoms with Gasteiger partial charge < -0.3 is 15.8 Å². The van der Waals surface area contributed by atoms with E-state index in [4.69, 9.17) is 10.5 Å². The summed E-state index contributed by atoms with van der Waals surface area (Å²) in [5.74, 6) is 0.752. The summed E-state index contributed by atoms with van der Waals surface area (Å²) in [6.45, 7) is 3.24. The van der Waals surface area contributed by atoms with Gasteiger partial charge in [0.1, 0.15) is 0 Å². The molecule has 0 aliphatic carbocycles. The number of aromatic nitrogens is 1. The molecule has 0 spiro atoms. The van der Waals surface area contributed by atoms with Crippen LogP contribution in [0.4, 0.5) is 5.69 Å². The van der Waals surface area contributed by atoms with Gasteiger partial charge in [-0.3, -0.25) is 4.98 Å². The zero-order valence-electron chi connectivity index (χ0n) is 9.16. The van der Waals surface area contributed by atoms with Crippen molar-refractivity contribution < 1.29 is 4.74 Å². The molecule has 0 saturated heterocycles. The number of pyridine rings is 1. The SMILES string of the molecule is COc1cnc(C)cc1NC/C=C/CN. The topological polar surface area (TPSA) is 60.2 Å². The maximum absolute atomic E-state index is 5.34. The van der Waals surface area contributed by atoms with Crippen LogP contribution < -0.4 is 15.8 Å². The highest BCUT2D eigenvalue weighted by Gasteiger charge is 2.01. The number of hydrogen-bond acceptors (Lipinski definition) is 4. The smallest absolute Gasteiger partial charge is 0.160 e. The van der Waals surface area contributed by atoms with Crippen LogP contribution in [0.2, 0.25) is 0 Å². The predicted molar refractivity (Wildman–Crippen MR) is 62.2 cm³/mol. The standard InChI is InChI=1S/C11H17N3O/c1-9-7-10(11(15-2)8-14-9)13-6-4-3-5-12/h3-4,7-8H,5-6,12H2,1-2H3,(H,13,14)/b4-3+. The Bertz CT molecular complexity index is 337. The van der Waals surface area contributed by atoms with Gasteiger partial charge in [0.25, 0.3) is 0 Å². The van der Waals surface area contributed by atoms with Gasteiger partial charge in [-0.15, -0.1) is 0 Å². The normalized spacial score (nSPS) is 10.6. The lowest BCUT2D eigenvalue weighted by atomic mass is 10.3. The highest BCUT2D eigenvalue weighted by atomic mass is 16.5. The first-order valence-corrected chi connectivity index (χ1v) is 4.87. The average Bonchev–Trinajstić information content (AvgIpc) is 2.25. The van der Waals surface area contributed by atoms with Crippen LogP contribution in [0.5, 0.6) is 5.75 Å². The van der Waals surface area contributed by atoms with Gasteiger partial charge in [0.15, 0.2) is 5.75 Å². The Morgan fingerprint density at radius 3 is 3.00 bits per heavy atom. The third-order valence-electron chi connectivity index (χ3n) is 1.94. The Morgan fingerprint density at radius 1 is 1.53 bits per heavy atom. The second-order valence-corrected chi connectivity index (χ2v) is 3.11. The van der Waals surface area contributed by atoms with Crippen molar-refractivity contribution in [3.63, 3.8) is 0 Å². The number of ether oxygens (including phenoxy) is 1. The molecule has 15 heavy (non-hydrogen) atoms. The molecule has 0 fully saturated rings. The second-order valence-electron chi connectivity index (χ2n) is 3.11. The van der Waals surface area contributed by atoms with Crippen LogP contribution in [0.1, 0.15) is 5.69 Å². The zero-order chi connectivity index (χ0) is 11.1. The van der Waals surface area contributed by atoms with Crippen LogP contribution in [0.3, 0.4) is 0 Å². The Labute approximate surface area is 90.2 Å². The molecule has 0 aliphatic rings. The van der Waals surface area contributed by atoms with E-state index in [0.717, 1.165) is 23.7 Å². The van der Waals surface area contributed by atoms with Gasteiger partial charge in [-0.2, -0.15) is 0 Å². The molecule has 0 atom stereocenters. The van der Waals surface area contributed by atoms with Gasteiger partial charge in [-0.05, 0) is 13.0 Å². The predicted octanol–water partition coefficient (Wildman–Crippen LogP) is 1.33. The summed E-state index contributed by atoms with van der Waals surface area (Å²) in [6.07, 6.45) is 5.60. The molecule has 0 bridgehead atoms. The van der Waals surface area contributed by atoms with E-state index in [1.54, 1.807) is 13.3 Å². The van der Waals surface area contributed by atoms with Crippen molar-refractivity contribution in [1.29, 1.82) is 0 Å². The number of nitrogens with two attached hydrogens (primary N) is 1. The fourth-order valence-corrected chi connectivity index (χ4v) is 1.20. The first-order valence-electron chi connectivity index (χ1n) is 4.87. The first-order chi connectivity index (χ1) is 7.27. The van der Waals surface area contributed by atoms with Gasteiger partial charge in [-0.1, -0.05) is 12.2 Å². The quantitative estimate of drug-likeness (QED) is 0.715. The molecular formula is C11H17N3O. The maximum atomic E-state index is 5.34. The Kier molecular flexibility index (Phi) is 4.63. The van der Waals surface area contributed by atoms with E-state index in [1.807, 2.05) is 25.1 Å². The summed E-state index contributed by atoms with van der Waals surface area (Å²) in [7, 11) is 1.63. The highest BCUT2D eigenvalue weighted by Crippen LogP contribution is 2.22. The summed E-state index contributed by atoms with van der Waals surface area (Å²) in [6, 6.07) is 1.95. The van der Waals surface area contributed by atoms with Crippen LogP contribution in [-0.4, -0.2) is 25.2 Å². The summed E-state index contributed by atoms with van der Waals surface area (Å²) in [5, 5.41) is 3.23. The van der Waals surface area contributed by atoms with Crippen molar-refractivity contribution >= 4 is 5.69 Å². The summed E-state index contributed by atoms with van der Waals surface area (Å²) in [5.41, 5.74) is 7.25. The van der Waals surface area contributed by atoms with E-state index in [1.165, 1.54) is 0 Å². The van der Waals surface area contributed by atoms with Crippen molar-refractivity contribution in [2.24, 2.45) is 5.73 Å². The summed E-state index contributed by atoms with van der Waals surface area (Å²) in [4.78, 5) is 4.15. The Balaban J connectivity index is 2.65. The minimum absolute atomic E-state index is 0.564. The summed E-state index contributed by atoms with van der Waals surface area (Å²) < 4.78 is 5.18. The average molecular weight is 207 g/mol. The highest BCUT2D eigenvalue weighted by molar-refractivity contribution is 5.56. The Morgan fingerprint density at radius 2 is 2.33 bits per heavy atom. The largest absolute Gasteiger partial charge is 0.493 e. The molecule has 0 saturated carbocycles. The number of methoxy groups -OCH3 is 1. The van der Waals surface area contributed by atoms with Crippen LogP contribution in [0, 0.1) is 6.92 Å². The van der Waals surface area contributed by atoms with Crippen LogP contribution in [0.25, 0.3) is 0 Å². The number of rotatable bonds is 5. The molecule has 4 heteroatoms. The van der Waals surface area contributed by atoms with Crippen molar-refractivity contribution in [2.75, 3.05) is 25.5 Å². The van der Waals surface area contributed by atoms with Gasteiger partial charge in [0.05, 0.1) is 19.0 Å². The first kappa shape index (κ1) is 11.5. The van der Waals surface area contributed by atoms with E-state index in [0.29, 0.717) is 6.54 Å². The molecule has 1 aromatic heterocycles. The molecule has 0 unspecified atom stereocenters. The van der Waals surface area contributed by atoms with E-state index in [2.05, 4.69) is 10.3 Å². The van der Waals surface area contributed by atoms with Crippen molar-refractivity contribution in [3.05, 3.63) is 30.1 Å². The van der Waals surface area contributed by atoms with Gasteiger partial charge >= 0.3 is 0 Å². The molecule has 3 N–H and O–H groups in total. The zero-order valence-corrected chi connectivity index (χ0v) is 9.16. The molecule has 0 aromatic carbocycles. The minimum Gasteiger partial charge on any atom is -0.493 e. The number of aryl methyl sites for hydroxylation is 1. The third-order valence-corrected chi connectivity index (χ3v) is 1.94. The number of hydrogen-bond donors (Lipinski definition) is 2. The second kappa shape index (κ2) is 6.03. The molecule has 82 valence electrons. The van der Waals surface area contributed by atoms with Crippen molar-refractivity contribution in [1.82, 2.24) is 4.98 Å². The molecule has 1 rings (SSSR count). The van der Waals surface area contributed by atoms with Crippen molar-refractivity contribution in [3.8, 4) is 5.75 Å². The summed E-state index contributed by atoms with van der Waals surface area (Å²) >= 11 is 0. The molecule has 0 aliphatic heterocycles. The van der Waals surface area contributed by atoms with Crippen LogP contribution >= 0.6 is 0 Å². The van der Waals surface area contributed by atoms with Gasteiger partial charge in [0.2, 0.25) is 0 Å². The maximum Gasteiger partial charge on any atom is 0.160 e. The molecule has 0 amide bonds. The lowest BCUT2D eigenvalue weighted by molar-refractivity contribution is 0.414. The molecule has 1 aromatic rings. The number of nitrogens with one attached hydrogen (secondary N) is 1. The number of anilines is 1. The van der Waals surface area contributed by atoms with Crippen molar-refractivity contribution in [2.45, 2.75) is 6.92 Å². The third kappa shape index (κ3) is 3.59. The fraction of sp³-hybridized carbons (Fsp3) is 0.364. The van der Waals surface area contributed by atoms with Gasteiger partial charge in [-0.25, -0.2) is 0 Å². The lowest BCUT2D eigenvalue weighted by Crippen LogP contribution is -2.03. The molecule has 4 nitrogen and oxygen atoms in total. The van der Waals surface area contributed by atoms with Crippen LogP contribution in [-0.2, 0) is 0 Å². The van der Waals surface area contributed by atoms with Gasteiger partial charge in [0, 0.05) is 18.8 Å². The molecule has 1 heterocycles. The monoisotopic (exact) mass is 207 g/mol. The van der Waals surface area contributed by atoms with E-state index in [-0.39, 0.29) is 0 Å². The number of nitrogens with zero attached hydrogens (tertiary/aromatic N) is 1. The molecular weight excluding hydrogens is 190 g/mol. The van der Waals surface area contributed by atoms with E-state index in [9.17, 15) is 0 Å². The minimum atomic E-state index is 0.564. The van der Waals surface area contributed by atoms with Crippen LogP contribution in [0.15, 0.2) is 24.4 Å².